The zero-order valence-electron chi connectivity index (χ0n) is 15.3. The number of carbonyl (C=O) groups is 3. The molecule has 0 atom stereocenters. The molecule has 2 amide bonds. The molecule has 0 radical (unpaired) electrons. The quantitative estimate of drug-likeness (QED) is 0.501. The predicted octanol–water partition coefficient (Wildman–Crippen LogP) is 3.41. The van der Waals surface area contributed by atoms with Crippen LogP contribution in [0, 0.1) is 0 Å². The minimum atomic E-state index is -0.409. The lowest BCUT2D eigenvalue weighted by Crippen LogP contribution is -2.26. The molecule has 0 heterocycles. The molecule has 0 aliphatic heterocycles. The Morgan fingerprint density at radius 1 is 1.04 bits per heavy atom. The summed E-state index contributed by atoms with van der Waals surface area (Å²) in [6, 6.07) is 4.97. The molecular formula is C19H28N2O4. The van der Waals surface area contributed by atoms with Crippen LogP contribution < -0.4 is 10.6 Å². The molecule has 0 saturated carbocycles. The Labute approximate surface area is 149 Å². The Hall–Kier alpha value is -2.37. The second kappa shape index (κ2) is 11.2. The van der Waals surface area contributed by atoms with Gasteiger partial charge in [-0.3, -0.25) is 14.4 Å². The third-order valence-electron chi connectivity index (χ3n) is 3.67. The van der Waals surface area contributed by atoms with Crippen molar-refractivity contribution in [3.05, 3.63) is 29.3 Å². The van der Waals surface area contributed by atoms with Crippen LogP contribution in [0.15, 0.2) is 18.2 Å². The van der Waals surface area contributed by atoms with Crippen LogP contribution in [-0.2, 0) is 20.9 Å². The number of nitrogens with one attached hydrogen (secondary N) is 2. The van der Waals surface area contributed by atoms with Crippen molar-refractivity contribution in [2.24, 2.45) is 0 Å². The molecule has 1 aromatic rings. The minimum Gasteiger partial charge on any atom is -0.461 e. The van der Waals surface area contributed by atoms with Crippen molar-refractivity contribution in [1.82, 2.24) is 5.32 Å². The third kappa shape index (κ3) is 8.33. The largest absolute Gasteiger partial charge is 0.461 e. The first-order valence-electron chi connectivity index (χ1n) is 8.76. The molecule has 2 N–H and O–H groups in total. The third-order valence-corrected chi connectivity index (χ3v) is 3.67. The van der Waals surface area contributed by atoms with Gasteiger partial charge >= 0.3 is 5.97 Å². The molecule has 6 heteroatoms. The first kappa shape index (κ1) is 20.7. The van der Waals surface area contributed by atoms with Crippen molar-refractivity contribution in [1.29, 1.82) is 0 Å². The van der Waals surface area contributed by atoms with Crippen LogP contribution in [0.25, 0.3) is 0 Å². The van der Waals surface area contributed by atoms with E-state index in [0.29, 0.717) is 23.4 Å². The number of ether oxygens (including phenoxy) is 1. The highest BCUT2D eigenvalue weighted by atomic mass is 16.5. The number of unbranched alkanes of at least 4 members (excludes halogenated alkanes) is 4. The van der Waals surface area contributed by atoms with Gasteiger partial charge in [-0.25, -0.2) is 0 Å². The van der Waals surface area contributed by atoms with Crippen molar-refractivity contribution in [2.45, 2.75) is 59.5 Å². The van der Waals surface area contributed by atoms with Crippen LogP contribution in [0.5, 0.6) is 0 Å². The smallest absolute Gasteiger partial charge is 0.302 e. The van der Waals surface area contributed by atoms with Crippen LogP contribution in [0.1, 0.15) is 68.8 Å². The Morgan fingerprint density at radius 3 is 2.40 bits per heavy atom. The minimum absolute atomic E-state index is 0.0228. The normalized spacial score (nSPS) is 10.2. The fraction of sp³-hybridized carbons (Fsp3) is 0.526. The number of benzene rings is 1. The zero-order valence-corrected chi connectivity index (χ0v) is 15.3. The monoisotopic (exact) mass is 348 g/mol. The van der Waals surface area contributed by atoms with E-state index >= 15 is 0 Å². The molecule has 0 unspecified atom stereocenters. The molecule has 0 aliphatic rings. The average Bonchev–Trinajstić information content (AvgIpc) is 2.56. The molecular weight excluding hydrogens is 320 g/mol. The summed E-state index contributed by atoms with van der Waals surface area (Å²) in [7, 11) is 0. The maximum Gasteiger partial charge on any atom is 0.302 e. The van der Waals surface area contributed by atoms with Gasteiger partial charge in [0.05, 0.1) is 0 Å². The number of anilines is 1. The number of carbonyl (C=O) groups excluding carboxylic acids is 3. The highest BCUT2D eigenvalue weighted by molar-refractivity contribution is 5.98. The molecule has 25 heavy (non-hydrogen) atoms. The van der Waals surface area contributed by atoms with Crippen molar-refractivity contribution >= 4 is 23.5 Å². The highest BCUT2D eigenvalue weighted by Gasteiger charge is 2.13. The van der Waals surface area contributed by atoms with E-state index in [4.69, 9.17) is 4.74 Å². The fourth-order valence-corrected chi connectivity index (χ4v) is 2.40. The molecule has 0 aliphatic carbocycles. The van der Waals surface area contributed by atoms with E-state index in [2.05, 4.69) is 17.6 Å². The standard InChI is InChI=1S/C19H28N2O4/c1-4-5-6-7-8-11-20-19(24)18-12-17(21-14(2)22)10-9-16(18)13-25-15(3)23/h9-10,12H,4-8,11,13H2,1-3H3,(H,20,24)(H,21,22). The van der Waals surface area contributed by atoms with Gasteiger partial charge in [0.25, 0.3) is 5.91 Å². The molecule has 0 bridgehead atoms. The lowest BCUT2D eigenvalue weighted by molar-refractivity contribution is -0.142. The van der Waals surface area contributed by atoms with Crippen LogP contribution in [0.3, 0.4) is 0 Å². The van der Waals surface area contributed by atoms with Crippen molar-refractivity contribution in [3.63, 3.8) is 0 Å². The van der Waals surface area contributed by atoms with E-state index in [0.717, 1.165) is 12.8 Å². The second-order valence-electron chi connectivity index (χ2n) is 6.00. The van der Waals surface area contributed by atoms with Gasteiger partial charge in [-0.2, -0.15) is 0 Å². The van der Waals surface area contributed by atoms with Gasteiger partial charge in [-0.15, -0.1) is 0 Å². The lowest BCUT2D eigenvalue weighted by atomic mass is 10.1. The summed E-state index contributed by atoms with van der Waals surface area (Å²) >= 11 is 0. The summed E-state index contributed by atoms with van der Waals surface area (Å²) in [6.45, 7) is 5.51. The van der Waals surface area contributed by atoms with E-state index in [-0.39, 0.29) is 18.4 Å². The van der Waals surface area contributed by atoms with Gasteiger partial charge in [0, 0.05) is 37.2 Å². The van der Waals surface area contributed by atoms with E-state index in [1.54, 1.807) is 18.2 Å². The molecule has 0 spiro atoms. The summed E-state index contributed by atoms with van der Waals surface area (Å²) in [6.07, 6.45) is 5.57. The van der Waals surface area contributed by atoms with E-state index in [9.17, 15) is 14.4 Å². The predicted molar refractivity (Wildman–Crippen MR) is 97.3 cm³/mol. The molecule has 0 aromatic heterocycles. The fourth-order valence-electron chi connectivity index (χ4n) is 2.40. The molecule has 6 nitrogen and oxygen atoms in total. The summed E-state index contributed by atoms with van der Waals surface area (Å²) in [5.41, 5.74) is 1.54. The van der Waals surface area contributed by atoms with Crippen LogP contribution in [-0.4, -0.2) is 24.3 Å². The Kier molecular flexibility index (Phi) is 9.29. The Balaban J connectivity index is 2.74. The number of hydrogen-bond donors (Lipinski definition) is 2. The average molecular weight is 348 g/mol. The molecule has 1 aromatic carbocycles. The second-order valence-corrected chi connectivity index (χ2v) is 6.00. The van der Waals surface area contributed by atoms with Crippen LogP contribution >= 0.6 is 0 Å². The first-order chi connectivity index (χ1) is 11.9. The van der Waals surface area contributed by atoms with E-state index in [1.165, 1.54) is 33.1 Å². The molecule has 0 fully saturated rings. The van der Waals surface area contributed by atoms with E-state index < -0.39 is 5.97 Å². The van der Waals surface area contributed by atoms with Crippen LogP contribution in [0.4, 0.5) is 5.69 Å². The van der Waals surface area contributed by atoms with Crippen molar-refractivity contribution in [3.8, 4) is 0 Å². The molecule has 1 rings (SSSR count). The molecule has 138 valence electrons. The van der Waals surface area contributed by atoms with Crippen molar-refractivity contribution in [2.75, 3.05) is 11.9 Å². The number of hydrogen-bond acceptors (Lipinski definition) is 4. The van der Waals surface area contributed by atoms with Gasteiger partial charge in [0.15, 0.2) is 0 Å². The maximum atomic E-state index is 12.5. The van der Waals surface area contributed by atoms with Gasteiger partial charge < -0.3 is 15.4 Å². The maximum absolute atomic E-state index is 12.5. The summed E-state index contributed by atoms with van der Waals surface area (Å²) in [5, 5.41) is 5.55. The summed E-state index contributed by atoms with van der Waals surface area (Å²) < 4.78 is 5.00. The Morgan fingerprint density at radius 2 is 1.76 bits per heavy atom. The van der Waals surface area contributed by atoms with Gasteiger partial charge in [-0.05, 0) is 18.6 Å². The number of amides is 2. The van der Waals surface area contributed by atoms with Gasteiger partial charge in [-0.1, -0.05) is 38.7 Å². The highest BCUT2D eigenvalue weighted by Crippen LogP contribution is 2.17. The topological polar surface area (TPSA) is 84.5 Å². The molecule has 0 saturated heterocycles. The number of esters is 1. The van der Waals surface area contributed by atoms with Crippen molar-refractivity contribution < 1.29 is 19.1 Å². The summed E-state index contributed by atoms with van der Waals surface area (Å²) in [5.74, 6) is -0.854. The first-order valence-corrected chi connectivity index (χ1v) is 8.76. The van der Waals surface area contributed by atoms with Gasteiger partial charge in [0.2, 0.25) is 5.91 Å². The zero-order chi connectivity index (χ0) is 18.7. The Bertz CT molecular complexity index is 599. The summed E-state index contributed by atoms with van der Waals surface area (Å²) in [4.78, 5) is 34.7. The lowest BCUT2D eigenvalue weighted by Gasteiger charge is -2.12. The van der Waals surface area contributed by atoms with Gasteiger partial charge in [0.1, 0.15) is 6.61 Å². The van der Waals surface area contributed by atoms with E-state index in [1.807, 2.05) is 0 Å². The number of rotatable bonds is 10. The SMILES string of the molecule is CCCCCCCNC(=O)c1cc(NC(C)=O)ccc1COC(C)=O. The van der Waals surface area contributed by atoms with Crippen LogP contribution in [0.2, 0.25) is 0 Å².